The molecular weight excluding hydrogens is 306 g/mol. The summed E-state index contributed by atoms with van der Waals surface area (Å²) >= 11 is 6.76. The van der Waals surface area contributed by atoms with Gasteiger partial charge in [0.15, 0.2) is 5.75 Å². The number of rotatable bonds is 5. The Hall–Kier alpha value is -2.12. The second-order valence-corrected chi connectivity index (χ2v) is 5.09. The van der Waals surface area contributed by atoms with E-state index in [9.17, 15) is 14.9 Å². The van der Waals surface area contributed by atoms with Crippen molar-refractivity contribution < 1.29 is 19.6 Å². The van der Waals surface area contributed by atoms with Gasteiger partial charge in [-0.15, -0.1) is 11.3 Å². The fourth-order valence-electron chi connectivity index (χ4n) is 1.55. The molecule has 0 saturated carbocycles. The van der Waals surface area contributed by atoms with Crippen molar-refractivity contribution in [1.82, 2.24) is 0 Å². The molecule has 0 radical (unpaired) electrons. The second-order valence-electron chi connectivity index (χ2n) is 3.74. The molecule has 8 heteroatoms. The highest BCUT2D eigenvalue weighted by atomic mass is 35.5. The fourth-order valence-corrected chi connectivity index (χ4v) is 2.46. The van der Waals surface area contributed by atoms with Gasteiger partial charge in [0.1, 0.15) is 11.5 Å². The quantitative estimate of drug-likeness (QED) is 0.673. The molecule has 2 aromatic rings. The Morgan fingerprint density at radius 2 is 2.20 bits per heavy atom. The van der Waals surface area contributed by atoms with E-state index in [1.165, 1.54) is 18.2 Å². The first-order valence-electron chi connectivity index (χ1n) is 5.35. The van der Waals surface area contributed by atoms with Crippen LogP contribution in [-0.2, 0) is 6.61 Å². The number of nitro groups is 1. The predicted octanol–water partition coefficient (Wildman–Crippen LogP) is 3.59. The minimum absolute atomic E-state index is 0.0435. The topological polar surface area (TPSA) is 89.7 Å². The van der Waals surface area contributed by atoms with E-state index in [1.807, 2.05) is 0 Å². The minimum Gasteiger partial charge on any atom is -0.482 e. The highest BCUT2D eigenvalue weighted by Crippen LogP contribution is 2.31. The van der Waals surface area contributed by atoms with Crippen molar-refractivity contribution in [2.75, 3.05) is 0 Å². The first-order valence-corrected chi connectivity index (χ1v) is 6.61. The van der Waals surface area contributed by atoms with Crippen molar-refractivity contribution in [3.8, 4) is 5.75 Å². The van der Waals surface area contributed by atoms with Crippen molar-refractivity contribution >= 4 is 34.6 Å². The van der Waals surface area contributed by atoms with Crippen LogP contribution < -0.4 is 4.74 Å². The molecule has 104 valence electrons. The summed E-state index contributed by atoms with van der Waals surface area (Å²) < 4.78 is 5.33. The monoisotopic (exact) mass is 313 g/mol. The summed E-state index contributed by atoms with van der Waals surface area (Å²) in [4.78, 5) is 21.4. The molecule has 0 aliphatic heterocycles. The number of hydrogen-bond acceptors (Lipinski definition) is 5. The molecule has 20 heavy (non-hydrogen) atoms. The molecule has 0 fully saturated rings. The molecule has 1 N–H and O–H groups in total. The van der Waals surface area contributed by atoms with E-state index in [0.29, 0.717) is 5.56 Å². The van der Waals surface area contributed by atoms with E-state index in [1.54, 1.807) is 11.4 Å². The molecule has 1 aromatic heterocycles. The summed E-state index contributed by atoms with van der Waals surface area (Å²) in [6.07, 6.45) is 0. The summed E-state index contributed by atoms with van der Waals surface area (Å²) in [5.41, 5.74) is 0.205. The lowest BCUT2D eigenvalue weighted by Gasteiger charge is -2.06. The number of thiophene rings is 1. The molecule has 1 aromatic carbocycles. The van der Waals surface area contributed by atoms with E-state index in [2.05, 4.69) is 0 Å². The lowest BCUT2D eigenvalue weighted by atomic mass is 10.2. The van der Waals surface area contributed by atoms with Crippen LogP contribution in [0.15, 0.2) is 29.6 Å². The van der Waals surface area contributed by atoms with Crippen LogP contribution in [-0.4, -0.2) is 16.0 Å². The molecule has 0 aliphatic carbocycles. The fraction of sp³-hybridized carbons (Fsp3) is 0.0833. The minimum atomic E-state index is -1.05. The number of carboxylic acid groups (broad SMARTS) is 1. The zero-order chi connectivity index (χ0) is 14.7. The Labute approximate surface area is 122 Å². The van der Waals surface area contributed by atoms with Gasteiger partial charge in [-0.3, -0.25) is 10.1 Å². The van der Waals surface area contributed by atoms with Gasteiger partial charge in [0.05, 0.1) is 4.92 Å². The van der Waals surface area contributed by atoms with Crippen molar-refractivity contribution in [3.63, 3.8) is 0 Å². The van der Waals surface area contributed by atoms with Gasteiger partial charge >= 0.3 is 11.7 Å². The van der Waals surface area contributed by atoms with E-state index < -0.39 is 10.9 Å². The number of nitrogens with zero attached hydrogens (tertiary/aromatic N) is 1. The molecule has 2 rings (SSSR count). The zero-order valence-electron chi connectivity index (χ0n) is 9.91. The SMILES string of the molecule is O=C(O)c1sccc1COc1ccc(Cl)cc1[N+](=O)[O-]. The molecular formula is C12H8ClNO5S. The molecule has 0 unspecified atom stereocenters. The predicted molar refractivity (Wildman–Crippen MR) is 73.7 cm³/mol. The molecule has 0 saturated heterocycles. The molecule has 0 aliphatic rings. The Morgan fingerprint density at radius 1 is 1.45 bits per heavy atom. The lowest BCUT2D eigenvalue weighted by molar-refractivity contribution is -0.385. The molecule has 0 amide bonds. The van der Waals surface area contributed by atoms with Gasteiger partial charge in [-0.25, -0.2) is 4.79 Å². The maximum absolute atomic E-state index is 10.9. The maximum Gasteiger partial charge on any atom is 0.346 e. The third kappa shape index (κ3) is 3.06. The van der Waals surface area contributed by atoms with Crippen molar-refractivity contribution in [1.29, 1.82) is 0 Å². The Kier molecular flexibility index (Phi) is 4.21. The molecule has 6 nitrogen and oxygen atoms in total. The standard InChI is InChI=1S/C12H8ClNO5S/c13-8-1-2-10(9(5-8)14(17)18)19-6-7-3-4-20-11(7)12(15)16/h1-5H,6H2,(H,15,16). The highest BCUT2D eigenvalue weighted by molar-refractivity contribution is 7.12. The van der Waals surface area contributed by atoms with Gasteiger partial charge in [0.25, 0.3) is 0 Å². The highest BCUT2D eigenvalue weighted by Gasteiger charge is 2.17. The van der Waals surface area contributed by atoms with Crippen LogP contribution in [0.1, 0.15) is 15.2 Å². The molecule has 0 atom stereocenters. The van der Waals surface area contributed by atoms with Gasteiger partial charge in [-0.2, -0.15) is 0 Å². The number of aromatic carboxylic acids is 1. The van der Waals surface area contributed by atoms with Crippen LogP contribution in [0.25, 0.3) is 0 Å². The van der Waals surface area contributed by atoms with E-state index in [0.717, 1.165) is 11.3 Å². The summed E-state index contributed by atoms with van der Waals surface area (Å²) in [7, 11) is 0. The van der Waals surface area contributed by atoms with Crippen LogP contribution in [0.5, 0.6) is 5.75 Å². The summed E-state index contributed by atoms with van der Waals surface area (Å²) in [6, 6.07) is 5.64. The van der Waals surface area contributed by atoms with Crippen LogP contribution >= 0.6 is 22.9 Å². The number of nitro benzene ring substituents is 1. The van der Waals surface area contributed by atoms with Crippen LogP contribution in [0.4, 0.5) is 5.69 Å². The number of halogens is 1. The van der Waals surface area contributed by atoms with Crippen LogP contribution in [0.3, 0.4) is 0 Å². The first kappa shape index (κ1) is 14.3. The first-order chi connectivity index (χ1) is 9.49. The average Bonchev–Trinajstić information content (AvgIpc) is 2.85. The lowest BCUT2D eigenvalue weighted by Crippen LogP contribution is -2.03. The summed E-state index contributed by atoms with van der Waals surface area (Å²) in [5.74, 6) is -1.01. The number of benzene rings is 1. The maximum atomic E-state index is 10.9. The van der Waals surface area contributed by atoms with Gasteiger partial charge in [0.2, 0.25) is 0 Å². The number of hydrogen-bond donors (Lipinski definition) is 1. The van der Waals surface area contributed by atoms with Gasteiger partial charge in [0, 0.05) is 16.7 Å². The molecule has 0 spiro atoms. The average molecular weight is 314 g/mol. The normalized spacial score (nSPS) is 10.2. The Balaban J connectivity index is 2.21. The Bertz CT molecular complexity index is 670. The van der Waals surface area contributed by atoms with E-state index in [-0.39, 0.29) is 27.9 Å². The van der Waals surface area contributed by atoms with Crippen molar-refractivity contribution in [2.24, 2.45) is 0 Å². The third-order valence-corrected chi connectivity index (χ3v) is 3.62. The van der Waals surface area contributed by atoms with E-state index in [4.69, 9.17) is 21.4 Å². The van der Waals surface area contributed by atoms with Crippen LogP contribution in [0.2, 0.25) is 5.02 Å². The Morgan fingerprint density at radius 3 is 2.85 bits per heavy atom. The number of carbonyl (C=O) groups is 1. The number of carboxylic acids is 1. The second kappa shape index (κ2) is 5.89. The molecule has 1 heterocycles. The van der Waals surface area contributed by atoms with Crippen molar-refractivity contribution in [2.45, 2.75) is 6.61 Å². The largest absolute Gasteiger partial charge is 0.482 e. The zero-order valence-corrected chi connectivity index (χ0v) is 11.5. The van der Waals surface area contributed by atoms with E-state index >= 15 is 0 Å². The van der Waals surface area contributed by atoms with Crippen LogP contribution in [0, 0.1) is 10.1 Å². The van der Waals surface area contributed by atoms with Gasteiger partial charge in [-0.1, -0.05) is 11.6 Å². The number of ether oxygens (including phenoxy) is 1. The third-order valence-electron chi connectivity index (χ3n) is 2.44. The smallest absolute Gasteiger partial charge is 0.346 e. The molecule has 0 bridgehead atoms. The van der Waals surface area contributed by atoms with Gasteiger partial charge in [-0.05, 0) is 23.6 Å². The summed E-state index contributed by atoms with van der Waals surface area (Å²) in [6.45, 7) is -0.0619. The van der Waals surface area contributed by atoms with Gasteiger partial charge < -0.3 is 9.84 Å². The summed E-state index contributed by atoms with van der Waals surface area (Å²) in [5, 5.41) is 21.7. The van der Waals surface area contributed by atoms with Crippen molar-refractivity contribution in [3.05, 3.63) is 55.2 Å².